The number of halogens is 1. The van der Waals surface area contributed by atoms with Gasteiger partial charge in [-0.25, -0.2) is 4.39 Å². The predicted octanol–water partition coefficient (Wildman–Crippen LogP) is 2.58. The fourth-order valence-corrected chi connectivity index (χ4v) is 3.05. The minimum atomic E-state index is -0.356. The molecule has 0 N–H and O–H groups in total. The number of aromatic nitrogens is 1. The number of nitrogens with zero attached hydrogens (tertiary/aromatic N) is 2. The molecule has 3 rings (SSSR count). The van der Waals surface area contributed by atoms with Gasteiger partial charge >= 0.3 is 0 Å². The lowest BCUT2D eigenvalue weighted by Crippen LogP contribution is -2.25. The zero-order valence-electron chi connectivity index (χ0n) is 11.9. The summed E-state index contributed by atoms with van der Waals surface area (Å²) >= 11 is 0. The SMILES string of the molecule is Cc1c(CN2CCCC2)c2ccc(F)cc2c(=O)n1C. The van der Waals surface area contributed by atoms with E-state index in [-0.39, 0.29) is 11.4 Å². The highest BCUT2D eigenvalue weighted by molar-refractivity contribution is 5.85. The van der Waals surface area contributed by atoms with Crippen LogP contribution in [0.4, 0.5) is 4.39 Å². The molecular formula is C16H19FN2O. The van der Waals surface area contributed by atoms with Gasteiger partial charge in [-0.1, -0.05) is 6.07 Å². The van der Waals surface area contributed by atoms with Crippen molar-refractivity contribution in [2.45, 2.75) is 26.3 Å². The zero-order chi connectivity index (χ0) is 14.3. The number of rotatable bonds is 2. The van der Waals surface area contributed by atoms with Gasteiger partial charge in [0.25, 0.3) is 5.56 Å². The number of benzene rings is 1. The number of pyridine rings is 1. The lowest BCUT2D eigenvalue weighted by Gasteiger charge is -2.20. The Labute approximate surface area is 117 Å². The van der Waals surface area contributed by atoms with Crippen LogP contribution >= 0.6 is 0 Å². The maximum atomic E-state index is 13.4. The van der Waals surface area contributed by atoms with Crippen molar-refractivity contribution in [1.29, 1.82) is 0 Å². The van der Waals surface area contributed by atoms with Crippen LogP contribution in [-0.2, 0) is 13.6 Å². The van der Waals surface area contributed by atoms with Crippen molar-refractivity contribution >= 4 is 10.8 Å². The Kier molecular flexibility index (Phi) is 3.34. The Morgan fingerprint density at radius 2 is 1.90 bits per heavy atom. The van der Waals surface area contributed by atoms with Crippen molar-refractivity contribution in [2.24, 2.45) is 7.05 Å². The molecular weight excluding hydrogens is 255 g/mol. The van der Waals surface area contributed by atoms with Gasteiger partial charge in [0, 0.05) is 19.3 Å². The van der Waals surface area contributed by atoms with E-state index in [0.29, 0.717) is 5.39 Å². The molecule has 0 unspecified atom stereocenters. The molecule has 20 heavy (non-hydrogen) atoms. The van der Waals surface area contributed by atoms with Crippen LogP contribution in [0.2, 0.25) is 0 Å². The summed E-state index contributed by atoms with van der Waals surface area (Å²) in [6.45, 7) is 5.01. The van der Waals surface area contributed by atoms with Crippen LogP contribution in [-0.4, -0.2) is 22.6 Å². The second-order valence-corrected chi connectivity index (χ2v) is 5.60. The molecule has 0 bridgehead atoms. The third-order valence-corrected chi connectivity index (χ3v) is 4.36. The van der Waals surface area contributed by atoms with Crippen molar-refractivity contribution in [3.8, 4) is 0 Å². The first-order chi connectivity index (χ1) is 9.58. The largest absolute Gasteiger partial charge is 0.315 e. The summed E-state index contributed by atoms with van der Waals surface area (Å²) in [4.78, 5) is 14.7. The highest BCUT2D eigenvalue weighted by atomic mass is 19.1. The van der Waals surface area contributed by atoms with Crippen LogP contribution in [0, 0.1) is 12.7 Å². The van der Waals surface area contributed by atoms with E-state index in [2.05, 4.69) is 4.90 Å². The molecule has 4 heteroatoms. The number of hydrogen-bond donors (Lipinski definition) is 0. The van der Waals surface area contributed by atoms with E-state index < -0.39 is 0 Å². The first kappa shape index (κ1) is 13.3. The third-order valence-electron chi connectivity index (χ3n) is 4.36. The van der Waals surface area contributed by atoms with Gasteiger partial charge in [-0.15, -0.1) is 0 Å². The van der Waals surface area contributed by atoms with E-state index in [9.17, 15) is 9.18 Å². The fraction of sp³-hybridized carbons (Fsp3) is 0.438. The summed E-state index contributed by atoms with van der Waals surface area (Å²) in [6.07, 6.45) is 2.47. The Morgan fingerprint density at radius 1 is 1.20 bits per heavy atom. The predicted molar refractivity (Wildman–Crippen MR) is 78.4 cm³/mol. The Balaban J connectivity index is 2.21. The third kappa shape index (κ3) is 2.14. The van der Waals surface area contributed by atoms with Crippen molar-refractivity contribution in [2.75, 3.05) is 13.1 Å². The van der Waals surface area contributed by atoms with E-state index in [1.807, 2.05) is 6.92 Å². The summed E-state index contributed by atoms with van der Waals surface area (Å²) in [5.74, 6) is -0.356. The standard InChI is InChI=1S/C16H19FN2O/c1-11-15(10-19-7-3-4-8-19)13-6-5-12(17)9-14(13)16(20)18(11)2/h5-6,9H,3-4,7-8,10H2,1-2H3. The minimum Gasteiger partial charge on any atom is -0.315 e. The molecule has 0 spiro atoms. The van der Waals surface area contributed by atoms with Gasteiger partial charge in [0.15, 0.2) is 0 Å². The van der Waals surface area contributed by atoms with E-state index in [1.54, 1.807) is 17.7 Å². The molecule has 3 nitrogen and oxygen atoms in total. The molecule has 1 saturated heterocycles. The van der Waals surface area contributed by atoms with E-state index in [4.69, 9.17) is 0 Å². The van der Waals surface area contributed by atoms with Gasteiger partial charge in [-0.2, -0.15) is 0 Å². The number of hydrogen-bond acceptors (Lipinski definition) is 2. The first-order valence-corrected chi connectivity index (χ1v) is 7.08. The smallest absolute Gasteiger partial charge is 0.258 e. The molecule has 1 aliphatic rings. The highest BCUT2D eigenvalue weighted by Crippen LogP contribution is 2.23. The Hall–Kier alpha value is -1.68. The average molecular weight is 274 g/mol. The van der Waals surface area contributed by atoms with Crippen molar-refractivity contribution in [3.05, 3.63) is 45.6 Å². The maximum absolute atomic E-state index is 13.4. The quantitative estimate of drug-likeness (QED) is 0.841. The summed E-state index contributed by atoms with van der Waals surface area (Å²) in [5.41, 5.74) is 1.99. The molecule has 0 radical (unpaired) electrons. The molecule has 1 fully saturated rings. The van der Waals surface area contributed by atoms with Gasteiger partial charge in [-0.3, -0.25) is 9.69 Å². The number of likely N-dealkylation sites (tertiary alicyclic amines) is 1. The van der Waals surface area contributed by atoms with Crippen molar-refractivity contribution in [3.63, 3.8) is 0 Å². The lowest BCUT2D eigenvalue weighted by molar-refractivity contribution is 0.331. The zero-order valence-corrected chi connectivity index (χ0v) is 11.9. The summed E-state index contributed by atoms with van der Waals surface area (Å²) < 4.78 is 15.1. The molecule has 0 amide bonds. The van der Waals surface area contributed by atoms with Crippen LogP contribution in [0.15, 0.2) is 23.0 Å². The van der Waals surface area contributed by atoms with Crippen LogP contribution in [0.5, 0.6) is 0 Å². The normalized spacial score (nSPS) is 16.1. The Morgan fingerprint density at radius 3 is 2.60 bits per heavy atom. The molecule has 1 aromatic carbocycles. The molecule has 106 valence electrons. The monoisotopic (exact) mass is 274 g/mol. The molecule has 1 aliphatic heterocycles. The van der Waals surface area contributed by atoms with Crippen LogP contribution in [0.25, 0.3) is 10.8 Å². The fourth-order valence-electron chi connectivity index (χ4n) is 3.05. The van der Waals surface area contributed by atoms with Gasteiger partial charge in [0.05, 0.1) is 5.39 Å². The second-order valence-electron chi connectivity index (χ2n) is 5.60. The molecule has 1 aromatic heterocycles. The second kappa shape index (κ2) is 5.02. The lowest BCUT2D eigenvalue weighted by atomic mass is 10.0. The van der Waals surface area contributed by atoms with Crippen LogP contribution in [0.3, 0.4) is 0 Å². The van der Waals surface area contributed by atoms with E-state index in [0.717, 1.165) is 36.3 Å². The first-order valence-electron chi connectivity index (χ1n) is 7.08. The molecule has 0 aliphatic carbocycles. The molecule has 2 aromatic rings. The van der Waals surface area contributed by atoms with Crippen molar-refractivity contribution in [1.82, 2.24) is 9.47 Å². The molecule has 2 heterocycles. The van der Waals surface area contributed by atoms with E-state index in [1.165, 1.54) is 25.0 Å². The number of fused-ring (bicyclic) bond motifs is 1. The van der Waals surface area contributed by atoms with E-state index >= 15 is 0 Å². The summed E-state index contributed by atoms with van der Waals surface area (Å²) in [6, 6.07) is 4.53. The molecule has 0 atom stereocenters. The molecule has 0 saturated carbocycles. The topological polar surface area (TPSA) is 25.2 Å². The van der Waals surface area contributed by atoms with Gasteiger partial charge < -0.3 is 4.57 Å². The van der Waals surface area contributed by atoms with Crippen LogP contribution < -0.4 is 5.56 Å². The summed E-state index contributed by atoms with van der Waals surface area (Å²) in [7, 11) is 1.76. The van der Waals surface area contributed by atoms with Gasteiger partial charge in [-0.05, 0) is 55.9 Å². The van der Waals surface area contributed by atoms with Crippen molar-refractivity contribution < 1.29 is 4.39 Å². The minimum absolute atomic E-state index is 0.123. The summed E-state index contributed by atoms with van der Waals surface area (Å²) in [5, 5.41) is 1.37. The Bertz CT molecular complexity index is 714. The average Bonchev–Trinajstić information content (AvgIpc) is 2.94. The highest BCUT2D eigenvalue weighted by Gasteiger charge is 2.17. The van der Waals surface area contributed by atoms with Gasteiger partial charge in [0.1, 0.15) is 5.82 Å². The van der Waals surface area contributed by atoms with Crippen LogP contribution in [0.1, 0.15) is 24.1 Å². The maximum Gasteiger partial charge on any atom is 0.258 e. The van der Waals surface area contributed by atoms with Gasteiger partial charge in [0.2, 0.25) is 0 Å².